The van der Waals surface area contributed by atoms with Crippen molar-refractivity contribution in [2.24, 2.45) is 5.10 Å². The van der Waals surface area contributed by atoms with Gasteiger partial charge in [-0.3, -0.25) is 9.59 Å². The van der Waals surface area contributed by atoms with E-state index in [2.05, 4.69) is 5.32 Å². The van der Waals surface area contributed by atoms with E-state index in [1.165, 1.54) is 6.92 Å². The van der Waals surface area contributed by atoms with Gasteiger partial charge < -0.3 is 14.8 Å². The highest BCUT2D eigenvalue weighted by atomic mass is 32.1. The fourth-order valence-electron chi connectivity index (χ4n) is 3.73. The first-order chi connectivity index (χ1) is 16.0. The van der Waals surface area contributed by atoms with Crippen LogP contribution in [0.15, 0.2) is 65.1 Å². The third kappa shape index (κ3) is 4.90. The fraction of sp³-hybridized carbons (Fsp3) is 0.240. The van der Waals surface area contributed by atoms with Gasteiger partial charge in [0.15, 0.2) is 17.3 Å². The molecule has 1 aliphatic heterocycles. The maximum atomic E-state index is 13.2. The second-order valence-corrected chi connectivity index (χ2v) is 8.53. The van der Waals surface area contributed by atoms with Gasteiger partial charge >= 0.3 is 0 Å². The number of ketones is 1. The molecule has 1 unspecified atom stereocenters. The Morgan fingerprint density at radius 1 is 1.09 bits per heavy atom. The first kappa shape index (κ1) is 22.5. The summed E-state index contributed by atoms with van der Waals surface area (Å²) in [4.78, 5) is 25.7. The first-order valence-electron chi connectivity index (χ1n) is 10.5. The number of anilines is 1. The minimum Gasteiger partial charge on any atom is -0.493 e. The number of nitrogens with one attached hydrogen (secondary N) is 1. The van der Waals surface area contributed by atoms with Gasteiger partial charge in [-0.2, -0.15) is 5.10 Å². The second kappa shape index (κ2) is 9.87. The number of nitrogens with zero attached hydrogens (tertiary/aromatic N) is 2. The number of carbonyl (C=O) groups excluding carboxylic acids is 2. The summed E-state index contributed by atoms with van der Waals surface area (Å²) in [7, 11) is 3.18. The Morgan fingerprint density at radius 2 is 1.85 bits per heavy atom. The minimum atomic E-state index is -0.253. The van der Waals surface area contributed by atoms with Crippen LogP contribution >= 0.6 is 11.3 Å². The summed E-state index contributed by atoms with van der Waals surface area (Å²) in [5, 5.41) is 11.4. The second-order valence-electron chi connectivity index (χ2n) is 7.58. The normalized spacial score (nSPS) is 15.2. The number of hydrogen-bond acceptors (Lipinski definition) is 7. The summed E-state index contributed by atoms with van der Waals surface area (Å²) in [5.74, 6) is 1.09. The van der Waals surface area contributed by atoms with Crippen molar-refractivity contribution in [2.75, 3.05) is 26.1 Å². The lowest BCUT2D eigenvalue weighted by molar-refractivity contribution is -0.131. The van der Waals surface area contributed by atoms with E-state index < -0.39 is 0 Å². The molecule has 1 amide bonds. The molecule has 1 aliphatic rings. The molecule has 3 aromatic rings. The number of methoxy groups -OCH3 is 2. The van der Waals surface area contributed by atoms with Crippen LogP contribution in [-0.2, 0) is 4.79 Å². The number of thiophene rings is 1. The third-order valence-electron chi connectivity index (χ3n) is 5.50. The molecule has 0 spiro atoms. The molecule has 8 heteroatoms. The van der Waals surface area contributed by atoms with Crippen LogP contribution in [0.4, 0.5) is 5.69 Å². The Morgan fingerprint density at radius 3 is 2.48 bits per heavy atom. The van der Waals surface area contributed by atoms with Crippen LogP contribution in [0.5, 0.6) is 11.5 Å². The van der Waals surface area contributed by atoms with Crippen LogP contribution in [-0.4, -0.2) is 43.2 Å². The Labute approximate surface area is 196 Å². The summed E-state index contributed by atoms with van der Waals surface area (Å²) in [6.07, 6.45) is 0.606. The van der Waals surface area contributed by atoms with Crippen molar-refractivity contribution >= 4 is 34.4 Å². The van der Waals surface area contributed by atoms with E-state index in [-0.39, 0.29) is 24.3 Å². The van der Waals surface area contributed by atoms with Gasteiger partial charge in [0.25, 0.3) is 5.91 Å². The number of amides is 1. The lowest BCUT2D eigenvalue weighted by Gasteiger charge is -2.23. The van der Waals surface area contributed by atoms with Gasteiger partial charge in [0.05, 0.1) is 37.4 Å². The number of hydrogen-bond donors (Lipinski definition) is 1. The van der Waals surface area contributed by atoms with E-state index in [1.807, 2.05) is 35.7 Å². The van der Waals surface area contributed by atoms with Gasteiger partial charge in [0.2, 0.25) is 0 Å². The molecule has 1 aromatic heterocycles. The molecule has 2 heterocycles. The molecular formula is C25H25N3O4S. The molecular weight excluding hydrogens is 438 g/mol. The number of hydrazone groups is 1. The molecule has 0 saturated heterocycles. The smallest absolute Gasteiger partial charge is 0.262 e. The minimum absolute atomic E-state index is 0.00268. The van der Waals surface area contributed by atoms with Crippen molar-refractivity contribution in [3.05, 3.63) is 76.0 Å². The summed E-state index contributed by atoms with van der Waals surface area (Å²) in [5.41, 5.74) is 3.19. The summed E-state index contributed by atoms with van der Waals surface area (Å²) < 4.78 is 10.8. The van der Waals surface area contributed by atoms with Crippen molar-refractivity contribution in [1.29, 1.82) is 0 Å². The monoisotopic (exact) mass is 463 g/mol. The molecule has 0 aliphatic carbocycles. The number of carbonyl (C=O) groups is 2. The fourth-order valence-corrected chi connectivity index (χ4v) is 4.45. The van der Waals surface area contributed by atoms with E-state index in [0.717, 1.165) is 21.8 Å². The van der Waals surface area contributed by atoms with Crippen LogP contribution in [0.25, 0.3) is 0 Å². The van der Waals surface area contributed by atoms with Crippen molar-refractivity contribution in [3.8, 4) is 11.5 Å². The van der Waals surface area contributed by atoms with E-state index in [1.54, 1.807) is 54.8 Å². The van der Waals surface area contributed by atoms with Crippen molar-refractivity contribution in [1.82, 2.24) is 5.01 Å². The van der Waals surface area contributed by atoms with Crippen molar-refractivity contribution < 1.29 is 19.1 Å². The highest BCUT2D eigenvalue weighted by Crippen LogP contribution is 2.37. The predicted molar refractivity (Wildman–Crippen MR) is 130 cm³/mol. The lowest BCUT2D eigenvalue weighted by Crippen LogP contribution is -2.32. The molecule has 0 bridgehead atoms. The first-order valence-corrected chi connectivity index (χ1v) is 11.4. The SMILES string of the molecule is COc1ccc(C2CC(c3cccs3)=NN2C(=O)CNc2ccc(C(C)=O)cc2)cc1OC. The van der Waals surface area contributed by atoms with Crippen LogP contribution < -0.4 is 14.8 Å². The molecule has 170 valence electrons. The zero-order chi connectivity index (χ0) is 23.4. The van der Waals surface area contributed by atoms with Gasteiger partial charge in [0.1, 0.15) is 0 Å². The topological polar surface area (TPSA) is 80.2 Å². The third-order valence-corrected chi connectivity index (χ3v) is 6.42. The lowest BCUT2D eigenvalue weighted by atomic mass is 10.0. The molecule has 0 saturated carbocycles. The Kier molecular flexibility index (Phi) is 6.74. The number of benzene rings is 2. The average molecular weight is 464 g/mol. The van der Waals surface area contributed by atoms with E-state index in [4.69, 9.17) is 14.6 Å². The molecule has 4 rings (SSSR count). The molecule has 0 fully saturated rings. The van der Waals surface area contributed by atoms with Crippen LogP contribution in [0, 0.1) is 0 Å². The van der Waals surface area contributed by atoms with Crippen LogP contribution in [0.3, 0.4) is 0 Å². The number of Topliss-reactive ketones (excluding diaryl/α,β-unsaturated/α-hetero) is 1. The Hall–Kier alpha value is -3.65. The van der Waals surface area contributed by atoms with E-state index in [9.17, 15) is 9.59 Å². The number of ether oxygens (including phenoxy) is 2. The van der Waals surface area contributed by atoms with E-state index >= 15 is 0 Å². The van der Waals surface area contributed by atoms with Gasteiger partial charge in [-0.05, 0) is 60.3 Å². The predicted octanol–water partition coefficient (Wildman–Crippen LogP) is 4.76. The maximum Gasteiger partial charge on any atom is 0.262 e. The zero-order valence-electron chi connectivity index (χ0n) is 18.7. The Bertz CT molecular complexity index is 1170. The van der Waals surface area contributed by atoms with Gasteiger partial charge in [-0.25, -0.2) is 5.01 Å². The number of rotatable bonds is 8. The van der Waals surface area contributed by atoms with Crippen molar-refractivity contribution in [3.63, 3.8) is 0 Å². The summed E-state index contributed by atoms with van der Waals surface area (Å²) in [6, 6.07) is 16.5. The molecule has 7 nitrogen and oxygen atoms in total. The Balaban J connectivity index is 1.56. The molecule has 33 heavy (non-hydrogen) atoms. The largest absolute Gasteiger partial charge is 0.493 e. The molecule has 1 N–H and O–H groups in total. The van der Waals surface area contributed by atoms with Gasteiger partial charge in [-0.1, -0.05) is 12.1 Å². The average Bonchev–Trinajstić information content (AvgIpc) is 3.52. The molecule has 1 atom stereocenters. The van der Waals surface area contributed by atoms with Crippen LogP contribution in [0.1, 0.15) is 40.2 Å². The summed E-state index contributed by atoms with van der Waals surface area (Å²) in [6.45, 7) is 1.60. The highest BCUT2D eigenvalue weighted by molar-refractivity contribution is 7.12. The van der Waals surface area contributed by atoms with Crippen LogP contribution in [0.2, 0.25) is 0 Å². The zero-order valence-corrected chi connectivity index (χ0v) is 19.5. The van der Waals surface area contributed by atoms with Crippen molar-refractivity contribution in [2.45, 2.75) is 19.4 Å². The summed E-state index contributed by atoms with van der Waals surface area (Å²) >= 11 is 1.60. The molecule has 0 radical (unpaired) electrons. The van der Waals surface area contributed by atoms with E-state index in [0.29, 0.717) is 23.5 Å². The van der Waals surface area contributed by atoms with Gasteiger partial charge in [0, 0.05) is 17.7 Å². The highest BCUT2D eigenvalue weighted by Gasteiger charge is 2.33. The van der Waals surface area contributed by atoms with Gasteiger partial charge in [-0.15, -0.1) is 11.3 Å². The standard InChI is InChI=1S/C25H25N3O4S/c1-16(29)17-6-9-19(10-7-17)26-15-25(30)28-21(14-20(27-28)24-5-4-12-33-24)18-8-11-22(31-2)23(13-18)32-3/h4-13,21,26H,14-15H2,1-3H3. The molecule has 2 aromatic carbocycles. The quantitative estimate of drug-likeness (QED) is 0.487. The maximum absolute atomic E-state index is 13.2.